The minimum atomic E-state index is -0.253. The molecule has 1 saturated carbocycles. The number of hydrogen-bond acceptors (Lipinski definition) is 3. The largest absolute Gasteiger partial charge is 0.484 e. The molecule has 0 aromatic heterocycles. The maximum absolute atomic E-state index is 12.7. The van der Waals surface area contributed by atoms with E-state index in [0.717, 1.165) is 12.8 Å². The first-order valence-corrected chi connectivity index (χ1v) is 11.1. The highest BCUT2D eigenvalue weighted by molar-refractivity contribution is 5.96. The standard InChI is InChI=1S/C27H28N2O3/c30-25(19-32-24-11-5-2-6-12-24)29-23-15-13-21(14-16-23)26(31)28-20-27(17-7-8-18-27)22-9-3-1-4-10-22/h1-6,9-16H,7-8,17-20H2,(H,28,31)(H,29,30). The maximum atomic E-state index is 12.7. The van der Waals surface area contributed by atoms with Gasteiger partial charge in [0.1, 0.15) is 5.75 Å². The second kappa shape index (κ2) is 10.1. The highest BCUT2D eigenvalue weighted by Gasteiger charge is 2.35. The van der Waals surface area contributed by atoms with Crippen molar-refractivity contribution in [2.24, 2.45) is 0 Å². The molecule has 164 valence electrons. The molecule has 4 rings (SSSR count). The van der Waals surface area contributed by atoms with Crippen molar-refractivity contribution in [2.45, 2.75) is 31.1 Å². The van der Waals surface area contributed by atoms with Crippen LogP contribution in [0.1, 0.15) is 41.6 Å². The van der Waals surface area contributed by atoms with Crippen LogP contribution in [0.3, 0.4) is 0 Å². The predicted octanol–water partition coefficient (Wildman–Crippen LogP) is 4.95. The van der Waals surface area contributed by atoms with Crippen molar-refractivity contribution in [3.05, 3.63) is 96.1 Å². The normalized spacial score (nSPS) is 14.5. The van der Waals surface area contributed by atoms with Gasteiger partial charge in [0.15, 0.2) is 6.61 Å². The average molecular weight is 429 g/mol. The van der Waals surface area contributed by atoms with E-state index in [9.17, 15) is 9.59 Å². The summed E-state index contributed by atoms with van der Waals surface area (Å²) in [6.45, 7) is 0.555. The Hall–Kier alpha value is -3.60. The number of ether oxygens (including phenoxy) is 1. The fourth-order valence-electron chi connectivity index (χ4n) is 4.33. The zero-order valence-electron chi connectivity index (χ0n) is 18.1. The fraction of sp³-hybridized carbons (Fsp3) is 0.259. The first kappa shape index (κ1) is 21.6. The first-order chi connectivity index (χ1) is 15.6. The summed E-state index contributed by atoms with van der Waals surface area (Å²) in [5, 5.41) is 5.92. The van der Waals surface area contributed by atoms with Gasteiger partial charge < -0.3 is 15.4 Å². The highest BCUT2D eigenvalue weighted by atomic mass is 16.5. The number of hydrogen-bond donors (Lipinski definition) is 2. The van der Waals surface area contributed by atoms with E-state index in [1.54, 1.807) is 36.4 Å². The Bertz CT molecular complexity index is 1030. The molecule has 2 N–H and O–H groups in total. The van der Waals surface area contributed by atoms with E-state index in [1.165, 1.54) is 18.4 Å². The zero-order chi connectivity index (χ0) is 22.2. The molecule has 0 aliphatic heterocycles. The molecule has 1 aliphatic rings. The number of carbonyl (C=O) groups is 2. The number of para-hydroxylation sites is 1. The van der Waals surface area contributed by atoms with Crippen molar-refractivity contribution in [1.82, 2.24) is 5.32 Å². The van der Waals surface area contributed by atoms with Crippen LogP contribution in [-0.4, -0.2) is 25.0 Å². The van der Waals surface area contributed by atoms with Crippen molar-refractivity contribution < 1.29 is 14.3 Å². The fourth-order valence-corrected chi connectivity index (χ4v) is 4.33. The van der Waals surface area contributed by atoms with Gasteiger partial charge in [0.05, 0.1) is 0 Å². The molecule has 0 atom stereocenters. The average Bonchev–Trinajstić information content (AvgIpc) is 3.33. The predicted molar refractivity (Wildman–Crippen MR) is 126 cm³/mol. The van der Waals surface area contributed by atoms with Crippen LogP contribution >= 0.6 is 0 Å². The molecule has 2 amide bonds. The summed E-state index contributed by atoms with van der Waals surface area (Å²) in [6.07, 6.45) is 4.56. The van der Waals surface area contributed by atoms with Crippen LogP contribution in [0.15, 0.2) is 84.9 Å². The second-order valence-electron chi connectivity index (χ2n) is 8.26. The van der Waals surface area contributed by atoms with Crippen molar-refractivity contribution in [3.63, 3.8) is 0 Å². The van der Waals surface area contributed by atoms with E-state index < -0.39 is 0 Å². The summed E-state index contributed by atoms with van der Waals surface area (Å²) in [5.41, 5.74) is 2.52. The van der Waals surface area contributed by atoms with Crippen LogP contribution in [0.5, 0.6) is 5.75 Å². The Morgan fingerprint density at radius 3 is 2.09 bits per heavy atom. The molecule has 0 bridgehead atoms. The Morgan fingerprint density at radius 2 is 1.44 bits per heavy atom. The van der Waals surface area contributed by atoms with E-state index in [1.807, 2.05) is 24.3 Å². The topological polar surface area (TPSA) is 67.4 Å². The third kappa shape index (κ3) is 5.35. The third-order valence-electron chi connectivity index (χ3n) is 6.08. The minimum absolute atomic E-state index is 0.0174. The van der Waals surface area contributed by atoms with Crippen molar-refractivity contribution in [3.8, 4) is 5.75 Å². The molecule has 5 nitrogen and oxygen atoms in total. The molecule has 1 fully saturated rings. The summed E-state index contributed by atoms with van der Waals surface area (Å²) < 4.78 is 5.45. The maximum Gasteiger partial charge on any atom is 0.262 e. The summed E-state index contributed by atoms with van der Waals surface area (Å²) in [6, 6.07) is 26.6. The lowest BCUT2D eigenvalue weighted by Gasteiger charge is -2.30. The van der Waals surface area contributed by atoms with Gasteiger partial charge >= 0.3 is 0 Å². The van der Waals surface area contributed by atoms with Crippen LogP contribution < -0.4 is 15.4 Å². The van der Waals surface area contributed by atoms with Gasteiger partial charge in [-0.2, -0.15) is 0 Å². The Balaban J connectivity index is 1.30. The number of benzene rings is 3. The van der Waals surface area contributed by atoms with E-state index in [4.69, 9.17) is 4.74 Å². The minimum Gasteiger partial charge on any atom is -0.484 e. The molecule has 1 aliphatic carbocycles. The number of rotatable bonds is 8. The van der Waals surface area contributed by atoms with Gasteiger partial charge in [-0.15, -0.1) is 0 Å². The summed E-state index contributed by atoms with van der Waals surface area (Å²) in [5.74, 6) is 0.291. The Morgan fingerprint density at radius 1 is 0.812 bits per heavy atom. The third-order valence-corrected chi connectivity index (χ3v) is 6.08. The summed E-state index contributed by atoms with van der Waals surface area (Å²) in [7, 11) is 0. The molecule has 0 heterocycles. The SMILES string of the molecule is O=C(COc1ccccc1)Nc1ccc(C(=O)NCC2(c3ccccc3)CCCC2)cc1. The molecule has 3 aromatic rings. The van der Waals surface area contributed by atoms with Gasteiger partial charge in [-0.1, -0.05) is 61.4 Å². The number of amides is 2. The molecule has 0 unspecified atom stereocenters. The quantitative estimate of drug-likeness (QED) is 0.534. The summed E-state index contributed by atoms with van der Waals surface area (Å²) >= 11 is 0. The molecule has 3 aromatic carbocycles. The van der Waals surface area contributed by atoms with E-state index in [2.05, 4.69) is 34.9 Å². The molecule has 0 radical (unpaired) electrons. The number of nitrogens with one attached hydrogen (secondary N) is 2. The van der Waals surface area contributed by atoms with Crippen LogP contribution in [0.4, 0.5) is 5.69 Å². The molecular formula is C27H28N2O3. The Labute approximate surface area is 188 Å². The zero-order valence-corrected chi connectivity index (χ0v) is 18.1. The van der Waals surface area contributed by atoms with Crippen molar-refractivity contribution in [1.29, 1.82) is 0 Å². The smallest absolute Gasteiger partial charge is 0.262 e. The molecule has 0 spiro atoms. The van der Waals surface area contributed by atoms with Gasteiger partial charge in [0.25, 0.3) is 11.8 Å². The summed E-state index contributed by atoms with van der Waals surface area (Å²) in [4.78, 5) is 24.9. The molecule has 32 heavy (non-hydrogen) atoms. The second-order valence-corrected chi connectivity index (χ2v) is 8.26. The lowest BCUT2D eigenvalue weighted by molar-refractivity contribution is -0.118. The first-order valence-electron chi connectivity index (χ1n) is 11.1. The molecule has 0 saturated heterocycles. The molecule has 5 heteroatoms. The number of carbonyl (C=O) groups excluding carboxylic acids is 2. The monoisotopic (exact) mass is 428 g/mol. The van der Waals surface area contributed by atoms with Crippen LogP contribution in [-0.2, 0) is 10.2 Å². The van der Waals surface area contributed by atoms with Gasteiger partial charge in [-0.05, 0) is 54.8 Å². The lowest BCUT2D eigenvalue weighted by Crippen LogP contribution is -2.39. The van der Waals surface area contributed by atoms with Gasteiger partial charge in [-0.25, -0.2) is 0 Å². The molecular weight excluding hydrogens is 400 g/mol. The lowest BCUT2D eigenvalue weighted by atomic mass is 9.79. The highest BCUT2D eigenvalue weighted by Crippen LogP contribution is 2.40. The number of anilines is 1. The van der Waals surface area contributed by atoms with E-state index in [0.29, 0.717) is 23.5 Å². The van der Waals surface area contributed by atoms with Crippen molar-refractivity contribution in [2.75, 3.05) is 18.5 Å². The van der Waals surface area contributed by atoms with Crippen molar-refractivity contribution >= 4 is 17.5 Å². The van der Waals surface area contributed by atoms with Crippen LogP contribution in [0.2, 0.25) is 0 Å². The van der Waals surface area contributed by atoms with Gasteiger partial charge in [0, 0.05) is 23.2 Å². The van der Waals surface area contributed by atoms with Crippen LogP contribution in [0.25, 0.3) is 0 Å². The van der Waals surface area contributed by atoms with E-state index >= 15 is 0 Å². The van der Waals surface area contributed by atoms with Gasteiger partial charge in [0.2, 0.25) is 0 Å². The van der Waals surface area contributed by atoms with E-state index in [-0.39, 0.29) is 23.8 Å². The van der Waals surface area contributed by atoms with Crippen LogP contribution in [0, 0.1) is 0 Å². The van der Waals surface area contributed by atoms with Gasteiger partial charge in [-0.3, -0.25) is 9.59 Å². The Kier molecular flexibility index (Phi) is 6.85.